The van der Waals surface area contributed by atoms with Gasteiger partial charge in [0.1, 0.15) is 5.82 Å². The zero-order chi connectivity index (χ0) is 15.6. The van der Waals surface area contributed by atoms with Crippen molar-refractivity contribution in [3.8, 4) is 0 Å². The third kappa shape index (κ3) is 3.36. The highest BCUT2D eigenvalue weighted by Crippen LogP contribution is 2.32. The molecule has 4 heteroatoms. The average Bonchev–Trinajstić information content (AvgIpc) is 2.88. The molecular weight excluding hydrogens is 262 g/mol. The van der Waals surface area contributed by atoms with Crippen molar-refractivity contribution in [3.05, 3.63) is 23.9 Å². The van der Waals surface area contributed by atoms with Gasteiger partial charge in [0.05, 0.1) is 6.04 Å². The Balaban J connectivity index is 2.20. The van der Waals surface area contributed by atoms with Crippen molar-refractivity contribution < 1.29 is 4.79 Å². The molecule has 116 valence electrons. The number of rotatable bonds is 4. The SMILES string of the molecule is CC(=O)N1CCC[C@@H]1c1ccc(N(C(C)C)C(C)C)nc1. The fourth-order valence-electron chi connectivity index (χ4n) is 3.36. The number of nitrogens with zero attached hydrogens (tertiary/aromatic N) is 3. The van der Waals surface area contributed by atoms with E-state index in [1.807, 2.05) is 11.1 Å². The highest BCUT2D eigenvalue weighted by molar-refractivity contribution is 5.74. The molecule has 0 saturated carbocycles. The second-order valence-electron chi connectivity index (χ2n) is 6.41. The smallest absolute Gasteiger partial charge is 0.219 e. The first-order chi connectivity index (χ1) is 9.91. The quantitative estimate of drug-likeness (QED) is 0.852. The molecule has 21 heavy (non-hydrogen) atoms. The molecule has 1 aromatic heterocycles. The van der Waals surface area contributed by atoms with E-state index in [2.05, 4.69) is 49.7 Å². The van der Waals surface area contributed by atoms with E-state index < -0.39 is 0 Å². The molecular formula is C17H27N3O. The molecule has 0 unspecified atom stereocenters. The van der Waals surface area contributed by atoms with Crippen molar-refractivity contribution in [2.24, 2.45) is 0 Å². The number of anilines is 1. The Morgan fingerprint density at radius 3 is 2.43 bits per heavy atom. The zero-order valence-corrected chi connectivity index (χ0v) is 13.8. The molecule has 1 aromatic rings. The van der Waals surface area contributed by atoms with Gasteiger partial charge in [0.25, 0.3) is 0 Å². The Hall–Kier alpha value is -1.58. The van der Waals surface area contributed by atoms with Gasteiger partial charge in [-0.05, 0) is 52.2 Å². The maximum absolute atomic E-state index is 11.7. The number of likely N-dealkylation sites (tertiary alicyclic amines) is 1. The lowest BCUT2D eigenvalue weighted by molar-refractivity contribution is -0.129. The number of carbonyl (C=O) groups is 1. The largest absolute Gasteiger partial charge is 0.352 e. The molecule has 4 nitrogen and oxygen atoms in total. The van der Waals surface area contributed by atoms with E-state index in [1.54, 1.807) is 6.92 Å². The lowest BCUT2D eigenvalue weighted by atomic mass is 10.1. The molecule has 1 aliphatic rings. The summed E-state index contributed by atoms with van der Waals surface area (Å²) in [5.74, 6) is 1.17. The van der Waals surface area contributed by atoms with Crippen LogP contribution < -0.4 is 4.90 Å². The summed E-state index contributed by atoms with van der Waals surface area (Å²) in [6.07, 6.45) is 4.06. The number of aromatic nitrogens is 1. The van der Waals surface area contributed by atoms with Gasteiger partial charge in [-0.2, -0.15) is 0 Å². The fraction of sp³-hybridized carbons (Fsp3) is 0.647. The molecule has 1 amide bonds. The van der Waals surface area contributed by atoms with Crippen LogP contribution >= 0.6 is 0 Å². The summed E-state index contributed by atoms with van der Waals surface area (Å²) in [5, 5.41) is 0. The highest BCUT2D eigenvalue weighted by atomic mass is 16.2. The van der Waals surface area contributed by atoms with Crippen LogP contribution in [0, 0.1) is 0 Å². The van der Waals surface area contributed by atoms with Crippen LogP contribution in [0.5, 0.6) is 0 Å². The highest BCUT2D eigenvalue weighted by Gasteiger charge is 2.28. The Morgan fingerprint density at radius 1 is 1.29 bits per heavy atom. The van der Waals surface area contributed by atoms with Crippen molar-refractivity contribution in [3.63, 3.8) is 0 Å². The van der Waals surface area contributed by atoms with Gasteiger partial charge in [0.2, 0.25) is 5.91 Å². The number of hydrogen-bond donors (Lipinski definition) is 0. The van der Waals surface area contributed by atoms with Crippen molar-refractivity contribution in [1.29, 1.82) is 0 Å². The zero-order valence-electron chi connectivity index (χ0n) is 13.8. The molecule has 0 aromatic carbocycles. The summed E-state index contributed by atoms with van der Waals surface area (Å²) in [5.41, 5.74) is 1.15. The van der Waals surface area contributed by atoms with Gasteiger partial charge in [-0.15, -0.1) is 0 Å². The van der Waals surface area contributed by atoms with Gasteiger partial charge >= 0.3 is 0 Å². The monoisotopic (exact) mass is 289 g/mol. The molecule has 2 rings (SSSR count). The number of hydrogen-bond acceptors (Lipinski definition) is 3. The van der Waals surface area contributed by atoms with Crippen molar-refractivity contribution >= 4 is 11.7 Å². The summed E-state index contributed by atoms with van der Waals surface area (Å²) >= 11 is 0. The van der Waals surface area contributed by atoms with Gasteiger partial charge < -0.3 is 9.80 Å². The normalized spacial score (nSPS) is 18.6. The van der Waals surface area contributed by atoms with Crippen LogP contribution in [0.1, 0.15) is 59.1 Å². The van der Waals surface area contributed by atoms with Crippen LogP contribution in [0.15, 0.2) is 18.3 Å². The first-order valence-electron chi connectivity index (χ1n) is 7.93. The van der Waals surface area contributed by atoms with Gasteiger partial charge in [0.15, 0.2) is 0 Å². The topological polar surface area (TPSA) is 36.4 Å². The average molecular weight is 289 g/mol. The summed E-state index contributed by atoms with van der Waals surface area (Å²) in [6.45, 7) is 11.3. The van der Waals surface area contributed by atoms with E-state index in [0.717, 1.165) is 30.8 Å². The third-order valence-corrected chi connectivity index (χ3v) is 4.19. The molecule has 1 aliphatic heterocycles. The predicted molar refractivity (Wildman–Crippen MR) is 86.4 cm³/mol. The first kappa shape index (κ1) is 15.8. The summed E-state index contributed by atoms with van der Waals surface area (Å²) < 4.78 is 0. The summed E-state index contributed by atoms with van der Waals surface area (Å²) in [6, 6.07) is 5.26. The Bertz CT molecular complexity index is 473. The molecule has 1 atom stereocenters. The molecule has 0 radical (unpaired) electrons. The molecule has 0 aliphatic carbocycles. The standard InChI is InChI=1S/C17H27N3O/c1-12(2)20(13(3)4)17-9-8-15(11-18-17)16-7-6-10-19(16)14(5)21/h8-9,11-13,16H,6-7,10H2,1-5H3/t16-/m1/s1. The van der Waals surface area contributed by atoms with Gasteiger partial charge in [-0.25, -0.2) is 4.98 Å². The van der Waals surface area contributed by atoms with Gasteiger partial charge in [-0.3, -0.25) is 4.79 Å². The Morgan fingerprint density at radius 2 is 1.95 bits per heavy atom. The minimum atomic E-state index is 0.160. The van der Waals surface area contributed by atoms with E-state index in [4.69, 9.17) is 0 Å². The van der Waals surface area contributed by atoms with Crippen LogP contribution in [0.3, 0.4) is 0 Å². The summed E-state index contributed by atoms with van der Waals surface area (Å²) in [4.78, 5) is 20.6. The van der Waals surface area contributed by atoms with E-state index in [9.17, 15) is 4.79 Å². The van der Waals surface area contributed by atoms with Crippen LogP contribution in [0.25, 0.3) is 0 Å². The minimum absolute atomic E-state index is 0.160. The van der Waals surface area contributed by atoms with Crippen LogP contribution in [0.4, 0.5) is 5.82 Å². The lowest BCUT2D eigenvalue weighted by Gasteiger charge is -2.32. The molecule has 0 N–H and O–H groups in total. The third-order valence-electron chi connectivity index (χ3n) is 4.19. The maximum atomic E-state index is 11.7. The van der Waals surface area contributed by atoms with Crippen molar-refractivity contribution in [1.82, 2.24) is 9.88 Å². The molecule has 2 heterocycles. The maximum Gasteiger partial charge on any atom is 0.219 e. The molecule has 1 fully saturated rings. The number of pyridine rings is 1. The Labute approximate surface area is 128 Å². The fourth-order valence-corrected chi connectivity index (χ4v) is 3.36. The lowest BCUT2D eigenvalue weighted by Crippen LogP contribution is -2.37. The van der Waals surface area contributed by atoms with Crippen LogP contribution in [-0.4, -0.2) is 34.4 Å². The van der Waals surface area contributed by atoms with Gasteiger partial charge in [-0.1, -0.05) is 6.07 Å². The van der Waals surface area contributed by atoms with Gasteiger partial charge in [0, 0.05) is 31.7 Å². The van der Waals surface area contributed by atoms with E-state index in [0.29, 0.717) is 12.1 Å². The predicted octanol–water partition coefficient (Wildman–Crippen LogP) is 3.39. The van der Waals surface area contributed by atoms with E-state index in [-0.39, 0.29) is 11.9 Å². The van der Waals surface area contributed by atoms with Crippen molar-refractivity contribution in [2.75, 3.05) is 11.4 Å². The van der Waals surface area contributed by atoms with Crippen LogP contribution in [-0.2, 0) is 4.79 Å². The summed E-state index contributed by atoms with van der Waals surface area (Å²) in [7, 11) is 0. The Kier molecular flexibility index (Phi) is 4.86. The molecule has 1 saturated heterocycles. The number of amides is 1. The number of carbonyl (C=O) groups excluding carboxylic acids is 1. The second-order valence-corrected chi connectivity index (χ2v) is 6.41. The van der Waals surface area contributed by atoms with Crippen molar-refractivity contribution in [2.45, 2.75) is 65.6 Å². The van der Waals surface area contributed by atoms with E-state index >= 15 is 0 Å². The van der Waals surface area contributed by atoms with Crippen LogP contribution in [0.2, 0.25) is 0 Å². The minimum Gasteiger partial charge on any atom is -0.352 e. The van der Waals surface area contributed by atoms with E-state index in [1.165, 1.54) is 0 Å². The first-order valence-corrected chi connectivity index (χ1v) is 7.93. The molecule has 0 spiro atoms. The second kappa shape index (κ2) is 6.46. The molecule has 0 bridgehead atoms.